The Kier molecular flexibility index (Phi) is 3.82. The number of rotatable bonds is 4. The van der Waals surface area contributed by atoms with Gasteiger partial charge in [0.2, 0.25) is 0 Å². The molecule has 3 heterocycles. The summed E-state index contributed by atoms with van der Waals surface area (Å²) >= 11 is 0. The highest BCUT2D eigenvalue weighted by molar-refractivity contribution is 5.82. The van der Waals surface area contributed by atoms with Gasteiger partial charge in [0.1, 0.15) is 12.6 Å². The molecule has 0 saturated carbocycles. The molecule has 3 rings (SSSR count). The van der Waals surface area contributed by atoms with Crippen LogP contribution >= 0.6 is 0 Å². The minimum absolute atomic E-state index is 0.0570. The van der Waals surface area contributed by atoms with E-state index in [-0.39, 0.29) is 6.23 Å². The van der Waals surface area contributed by atoms with Crippen molar-refractivity contribution in [2.45, 2.75) is 39.3 Å². The number of anilines is 1. The van der Waals surface area contributed by atoms with Crippen LogP contribution in [0.15, 0.2) is 12.7 Å². The molecule has 108 valence electrons. The topological polar surface area (TPSA) is 64.9 Å². The summed E-state index contributed by atoms with van der Waals surface area (Å²) in [6.45, 7) is 6.02. The first kappa shape index (κ1) is 13.3. The Morgan fingerprint density at radius 2 is 2.25 bits per heavy atom. The third kappa shape index (κ3) is 2.60. The maximum atomic E-state index is 5.81. The molecule has 1 aliphatic heterocycles. The highest BCUT2D eigenvalue weighted by Gasteiger charge is 2.19. The molecule has 0 aliphatic carbocycles. The van der Waals surface area contributed by atoms with E-state index in [1.807, 2.05) is 10.9 Å². The van der Waals surface area contributed by atoms with Gasteiger partial charge >= 0.3 is 0 Å². The van der Waals surface area contributed by atoms with Gasteiger partial charge < -0.3 is 10.1 Å². The zero-order chi connectivity index (χ0) is 13.9. The van der Waals surface area contributed by atoms with Crippen molar-refractivity contribution in [1.82, 2.24) is 19.5 Å². The third-order valence-corrected chi connectivity index (χ3v) is 3.50. The average molecular weight is 275 g/mol. The van der Waals surface area contributed by atoms with E-state index in [0.717, 1.165) is 43.0 Å². The Morgan fingerprint density at radius 1 is 1.35 bits per heavy atom. The van der Waals surface area contributed by atoms with Gasteiger partial charge in [-0.3, -0.25) is 4.57 Å². The summed E-state index contributed by atoms with van der Waals surface area (Å²) in [4.78, 5) is 13.1. The molecule has 1 fully saturated rings. The summed E-state index contributed by atoms with van der Waals surface area (Å²) in [6, 6.07) is 0. The summed E-state index contributed by atoms with van der Waals surface area (Å²) < 4.78 is 7.84. The van der Waals surface area contributed by atoms with Crippen LogP contribution in [0.3, 0.4) is 0 Å². The molecule has 1 saturated heterocycles. The number of aromatic nitrogens is 4. The molecule has 0 aromatic carbocycles. The lowest BCUT2D eigenvalue weighted by Gasteiger charge is -2.23. The minimum Gasteiger partial charge on any atom is -0.368 e. The van der Waals surface area contributed by atoms with Crippen LogP contribution in [0.1, 0.15) is 39.3 Å². The molecule has 1 atom stereocenters. The van der Waals surface area contributed by atoms with E-state index < -0.39 is 0 Å². The first-order chi connectivity index (χ1) is 9.75. The molecule has 0 spiro atoms. The zero-order valence-corrected chi connectivity index (χ0v) is 12.0. The van der Waals surface area contributed by atoms with Crippen LogP contribution in [-0.4, -0.2) is 32.7 Å². The van der Waals surface area contributed by atoms with Crippen molar-refractivity contribution in [1.29, 1.82) is 0 Å². The molecule has 0 radical (unpaired) electrons. The van der Waals surface area contributed by atoms with Gasteiger partial charge in [-0.25, -0.2) is 15.0 Å². The van der Waals surface area contributed by atoms with E-state index in [9.17, 15) is 0 Å². The molecule has 1 unspecified atom stereocenters. The van der Waals surface area contributed by atoms with Crippen molar-refractivity contribution < 1.29 is 4.74 Å². The number of nitrogens with one attached hydrogen (secondary N) is 1. The Morgan fingerprint density at radius 3 is 3.00 bits per heavy atom. The lowest BCUT2D eigenvalue weighted by atomic mass is 10.2. The van der Waals surface area contributed by atoms with Crippen LogP contribution < -0.4 is 5.32 Å². The van der Waals surface area contributed by atoms with Crippen molar-refractivity contribution in [3.05, 3.63) is 12.7 Å². The van der Waals surface area contributed by atoms with E-state index in [1.165, 1.54) is 6.42 Å². The van der Waals surface area contributed by atoms with Crippen LogP contribution in [0, 0.1) is 5.92 Å². The third-order valence-electron chi connectivity index (χ3n) is 3.50. The second-order valence-corrected chi connectivity index (χ2v) is 5.64. The fraction of sp³-hybridized carbons (Fsp3) is 0.643. The molecule has 1 aliphatic rings. The van der Waals surface area contributed by atoms with Gasteiger partial charge in [0.15, 0.2) is 17.0 Å². The number of imidazole rings is 1. The molecule has 0 amide bonds. The highest BCUT2D eigenvalue weighted by Crippen LogP contribution is 2.27. The lowest BCUT2D eigenvalue weighted by molar-refractivity contribution is -0.0298. The van der Waals surface area contributed by atoms with Gasteiger partial charge in [-0.05, 0) is 25.2 Å². The second-order valence-electron chi connectivity index (χ2n) is 5.64. The van der Waals surface area contributed by atoms with Crippen LogP contribution in [0.5, 0.6) is 0 Å². The van der Waals surface area contributed by atoms with E-state index >= 15 is 0 Å². The number of ether oxygens (including phenoxy) is 1. The molecule has 1 N–H and O–H groups in total. The van der Waals surface area contributed by atoms with E-state index in [0.29, 0.717) is 5.92 Å². The van der Waals surface area contributed by atoms with E-state index in [2.05, 4.69) is 34.1 Å². The number of fused-ring (bicyclic) bond motifs is 1. The molecule has 6 heteroatoms. The van der Waals surface area contributed by atoms with Gasteiger partial charge in [-0.15, -0.1) is 0 Å². The standard InChI is InChI=1S/C14H21N5O/c1-10(2)7-15-13-12-14(17-8-16-13)19(9-18-12)11-5-3-4-6-20-11/h8-11H,3-7H2,1-2H3,(H,15,16,17). The number of hydrogen-bond donors (Lipinski definition) is 1. The fourth-order valence-electron chi connectivity index (χ4n) is 2.44. The van der Waals surface area contributed by atoms with E-state index in [4.69, 9.17) is 4.74 Å². The van der Waals surface area contributed by atoms with Gasteiger partial charge in [-0.1, -0.05) is 13.8 Å². The number of hydrogen-bond acceptors (Lipinski definition) is 5. The van der Waals surface area contributed by atoms with Crippen molar-refractivity contribution in [3.63, 3.8) is 0 Å². The summed E-state index contributed by atoms with van der Waals surface area (Å²) in [5, 5.41) is 3.34. The molecule has 20 heavy (non-hydrogen) atoms. The predicted molar refractivity (Wildman–Crippen MR) is 77.5 cm³/mol. The van der Waals surface area contributed by atoms with E-state index in [1.54, 1.807) is 6.33 Å². The van der Waals surface area contributed by atoms with Gasteiger partial charge in [-0.2, -0.15) is 0 Å². The van der Waals surface area contributed by atoms with Crippen LogP contribution in [0.25, 0.3) is 11.2 Å². The minimum atomic E-state index is 0.0570. The van der Waals surface area contributed by atoms with Gasteiger partial charge in [0, 0.05) is 13.2 Å². The summed E-state index contributed by atoms with van der Waals surface area (Å²) in [7, 11) is 0. The fourth-order valence-corrected chi connectivity index (χ4v) is 2.44. The SMILES string of the molecule is CC(C)CNc1ncnc2c1ncn2C1CCCCO1. The first-order valence-corrected chi connectivity index (χ1v) is 7.28. The molecule has 6 nitrogen and oxygen atoms in total. The molecule has 2 aromatic rings. The van der Waals surface area contributed by atoms with Crippen molar-refractivity contribution in [2.24, 2.45) is 5.92 Å². The lowest BCUT2D eigenvalue weighted by Crippen LogP contribution is -2.17. The summed E-state index contributed by atoms with van der Waals surface area (Å²) in [5.74, 6) is 1.36. The van der Waals surface area contributed by atoms with Crippen molar-refractivity contribution >= 4 is 17.0 Å². The second kappa shape index (κ2) is 5.75. The van der Waals surface area contributed by atoms with Crippen molar-refractivity contribution in [3.8, 4) is 0 Å². The maximum Gasteiger partial charge on any atom is 0.167 e. The summed E-state index contributed by atoms with van der Waals surface area (Å²) in [6.07, 6.45) is 6.81. The quantitative estimate of drug-likeness (QED) is 0.929. The molecular formula is C14H21N5O. The first-order valence-electron chi connectivity index (χ1n) is 7.28. The van der Waals surface area contributed by atoms with Crippen molar-refractivity contribution in [2.75, 3.05) is 18.5 Å². The normalized spacial score (nSPS) is 19.6. The molecular weight excluding hydrogens is 254 g/mol. The van der Waals surface area contributed by atoms with Gasteiger partial charge in [0.25, 0.3) is 0 Å². The smallest absolute Gasteiger partial charge is 0.167 e. The maximum absolute atomic E-state index is 5.81. The largest absolute Gasteiger partial charge is 0.368 e. The monoisotopic (exact) mass is 275 g/mol. The molecule has 0 bridgehead atoms. The van der Waals surface area contributed by atoms with Crippen LogP contribution in [0.4, 0.5) is 5.82 Å². The number of nitrogens with zero attached hydrogens (tertiary/aromatic N) is 4. The average Bonchev–Trinajstić information content (AvgIpc) is 2.90. The Labute approximate surface area is 118 Å². The van der Waals surface area contributed by atoms with Crippen LogP contribution in [0.2, 0.25) is 0 Å². The zero-order valence-electron chi connectivity index (χ0n) is 12.0. The predicted octanol–water partition coefficient (Wildman–Crippen LogP) is 2.59. The van der Waals surface area contributed by atoms with Gasteiger partial charge in [0.05, 0.1) is 6.33 Å². The highest BCUT2D eigenvalue weighted by atomic mass is 16.5. The Hall–Kier alpha value is -1.69. The summed E-state index contributed by atoms with van der Waals surface area (Å²) in [5.41, 5.74) is 1.67. The Balaban J connectivity index is 1.90. The van der Waals surface area contributed by atoms with Crippen LogP contribution in [-0.2, 0) is 4.74 Å². The Bertz CT molecular complexity index is 574. The molecule has 2 aromatic heterocycles.